The van der Waals surface area contributed by atoms with Gasteiger partial charge in [-0.05, 0) is 77.2 Å². The molecular weight excluding hydrogens is 554 g/mol. The number of piperidine rings is 1. The first-order valence-corrected chi connectivity index (χ1v) is 17.3. The third kappa shape index (κ3) is 9.07. The molecule has 2 heterocycles. The minimum Gasteiger partial charge on any atom is -0.352 e. The predicted molar refractivity (Wildman–Crippen MR) is 176 cm³/mol. The summed E-state index contributed by atoms with van der Waals surface area (Å²) >= 11 is 0. The van der Waals surface area contributed by atoms with Gasteiger partial charge < -0.3 is 20.4 Å². The number of hydrogen-bond acceptors (Lipinski definition) is 5. The molecule has 9 heteroatoms. The molecule has 3 fully saturated rings. The van der Waals surface area contributed by atoms with Crippen LogP contribution in [0.1, 0.15) is 120 Å². The van der Waals surface area contributed by atoms with Crippen molar-refractivity contribution in [3.63, 3.8) is 0 Å². The number of likely N-dealkylation sites (N-methyl/N-ethyl adjacent to an activating group) is 1. The standard InChI is InChI=1S/C35H61N5O4/c1-23(2)29(22-25(5)33(43)40-21-15-19-28(40)31(41)36-26-16-11-10-12-17-26)38(9)34(44)30(35(6,7)8)37-32(42)27-18-13-14-20-39(27)24(3)4/h22-24,26-30H,10-21H2,1-9H3,(H,36,41)(H,37,42)/t27?,28-,29+,30+/m0/s1. The van der Waals surface area contributed by atoms with E-state index in [4.69, 9.17) is 0 Å². The number of nitrogens with one attached hydrogen (secondary N) is 2. The molecule has 3 aliphatic rings. The highest BCUT2D eigenvalue weighted by molar-refractivity contribution is 5.97. The number of rotatable bonds is 10. The summed E-state index contributed by atoms with van der Waals surface area (Å²) in [6.45, 7) is 17.5. The second-order valence-corrected chi connectivity index (χ2v) is 15.2. The van der Waals surface area contributed by atoms with Crippen LogP contribution < -0.4 is 10.6 Å². The topological polar surface area (TPSA) is 102 Å². The first-order valence-electron chi connectivity index (χ1n) is 17.3. The van der Waals surface area contributed by atoms with Gasteiger partial charge in [0, 0.05) is 31.2 Å². The molecule has 9 nitrogen and oxygen atoms in total. The van der Waals surface area contributed by atoms with Crippen molar-refractivity contribution in [3.05, 3.63) is 11.6 Å². The van der Waals surface area contributed by atoms with Crippen LogP contribution in [0.25, 0.3) is 0 Å². The minimum absolute atomic E-state index is 0.0294. The number of nitrogens with zero attached hydrogens (tertiary/aromatic N) is 3. The Morgan fingerprint density at radius 2 is 1.43 bits per heavy atom. The number of hydrogen-bond donors (Lipinski definition) is 2. The van der Waals surface area contributed by atoms with Crippen LogP contribution in [0.2, 0.25) is 0 Å². The molecule has 2 N–H and O–H groups in total. The molecule has 1 saturated carbocycles. The smallest absolute Gasteiger partial charge is 0.249 e. The van der Waals surface area contributed by atoms with Crippen LogP contribution in [0.3, 0.4) is 0 Å². The third-order valence-electron chi connectivity index (χ3n) is 9.91. The Morgan fingerprint density at radius 3 is 2.02 bits per heavy atom. The molecule has 2 saturated heterocycles. The molecule has 0 spiro atoms. The molecule has 0 radical (unpaired) electrons. The lowest BCUT2D eigenvalue weighted by Gasteiger charge is -2.41. The van der Waals surface area contributed by atoms with Crippen LogP contribution in [-0.4, -0.2) is 94.7 Å². The average Bonchev–Trinajstić information content (AvgIpc) is 3.47. The first-order chi connectivity index (χ1) is 20.6. The van der Waals surface area contributed by atoms with Crippen LogP contribution >= 0.6 is 0 Å². The number of likely N-dealkylation sites (tertiary alicyclic amines) is 2. The monoisotopic (exact) mass is 615 g/mol. The van der Waals surface area contributed by atoms with Crippen LogP contribution in [0, 0.1) is 11.3 Å². The lowest BCUT2D eigenvalue weighted by atomic mass is 9.84. The van der Waals surface area contributed by atoms with E-state index in [1.165, 1.54) is 6.42 Å². The van der Waals surface area contributed by atoms with Crippen LogP contribution in [0.15, 0.2) is 11.6 Å². The van der Waals surface area contributed by atoms with Gasteiger partial charge >= 0.3 is 0 Å². The van der Waals surface area contributed by atoms with Gasteiger partial charge in [-0.15, -0.1) is 0 Å². The maximum absolute atomic E-state index is 14.1. The molecule has 0 aromatic heterocycles. The fourth-order valence-corrected chi connectivity index (χ4v) is 7.22. The summed E-state index contributed by atoms with van der Waals surface area (Å²) in [5.41, 5.74) is 0.0231. The van der Waals surface area contributed by atoms with Gasteiger partial charge in [-0.1, -0.05) is 66.4 Å². The van der Waals surface area contributed by atoms with E-state index >= 15 is 0 Å². The zero-order valence-electron chi connectivity index (χ0n) is 29.1. The van der Waals surface area contributed by atoms with E-state index in [1.807, 2.05) is 40.7 Å². The Bertz CT molecular complexity index is 1040. The van der Waals surface area contributed by atoms with E-state index in [1.54, 1.807) is 23.8 Å². The van der Waals surface area contributed by atoms with Crippen molar-refractivity contribution in [2.45, 2.75) is 156 Å². The quantitative estimate of drug-likeness (QED) is 0.349. The van der Waals surface area contributed by atoms with E-state index in [0.29, 0.717) is 18.5 Å². The molecule has 4 amide bonds. The highest BCUT2D eigenvalue weighted by Crippen LogP contribution is 2.27. The summed E-state index contributed by atoms with van der Waals surface area (Å²) < 4.78 is 0. The lowest BCUT2D eigenvalue weighted by Crippen LogP contribution is -2.60. The zero-order valence-corrected chi connectivity index (χ0v) is 29.1. The van der Waals surface area contributed by atoms with Crippen LogP contribution in [0.4, 0.5) is 0 Å². The maximum Gasteiger partial charge on any atom is 0.249 e. The van der Waals surface area contributed by atoms with Gasteiger partial charge in [0.05, 0.1) is 12.1 Å². The van der Waals surface area contributed by atoms with E-state index in [2.05, 4.69) is 29.4 Å². The average molecular weight is 616 g/mol. The third-order valence-corrected chi connectivity index (χ3v) is 9.91. The van der Waals surface area contributed by atoms with Crippen molar-refractivity contribution < 1.29 is 19.2 Å². The minimum atomic E-state index is -0.715. The molecular formula is C35H61N5O4. The van der Waals surface area contributed by atoms with Crippen LogP contribution in [0.5, 0.6) is 0 Å². The Kier molecular flexibility index (Phi) is 12.9. The summed E-state index contributed by atoms with van der Waals surface area (Å²) in [5, 5.41) is 6.35. The molecule has 3 rings (SSSR count). The van der Waals surface area contributed by atoms with E-state index in [9.17, 15) is 19.2 Å². The molecule has 0 aromatic carbocycles. The Morgan fingerprint density at radius 1 is 0.818 bits per heavy atom. The number of carbonyl (C=O) groups is 4. The SMILES string of the molecule is CC(=C[C@H](C(C)C)N(C)C(=O)[C@@H](NC(=O)C1CCCCN1C(C)C)C(C)(C)C)C(=O)N1CCC[C@H]1C(=O)NC1CCCCC1. The lowest BCUT2D eigenvalue weighted by molar-refractivity contribution is -0.142. The second kappa shape index (κ2) is 15.7. The van der Waals surface area contributed by atoms with Crippen LogP contribution in [-0.2, 0) is 19.2 Å². The highest BCUT2D eigenvalue weighted by Gasteiger charge is 2.40. The Hall–Kier alpha value is -2.42. The molecule has 1 unspecified atom stereocenters. The molecule has 0 aromatic rings. The van der Waals surface area contributed by atoms with Crippen molar-refractivity contribution in [1.29, 1.82) is 0 Å². The first kappa shape index (κ1) is 36.1. The van der Waals surface area contributed by atoms with Crippen molar-refractivity contribution >= 4 is 23.6 Å². The van der Waals surface area contributed by atoms with Gasteiger partial charge in [0.15, 0.2) is 0 Å². The number of amides is 4. The summed E-state index contributed by atoms with van der Waals surface area (Å²) in [6.07, 6.45) is 11.7. The van der Waals surface area contributed by atoms with Crippen molar-refractivity contribution in [2.75, 3.05) is 20.1 Å². The fourth-order valence-electron chi connectivity index (χ4n) is 7.22. The van der Waals surface area contributed by atoms with Crippen molar-refractivity contribution in [2.24, 2.45) is 11.3 Å². The zero-order chi connectivity index (χ0) is 32.8. The van der Waals surface area contributed by atoms with Crippen molar-refractivity contribution in [1.82, 2.24) is 25.3 Å². The summed E-state index contributed by atoms with van der Waals surface area (Å²) in [4.78, 5) is 60.3. The number of carbonyl (C=O) groups excluding carboxylic acids is 4. The molecule has 4 atom stereocenters. The molecule has 1 aliphatic carbocycles. The Balaban J connectivity index is 1.75. The van der Waals surface area contributed by atoms with Gasteiger partial charge in [0.1, 0.15) is 12.1 Å². The van der Waals surface area contributed by atoms with Crippen molar-refractivity contribution in [3.8, 4) is 0 Å². The molecule has 0 bridgehead atoms. The molecule has 2 aliphatic heterocycles. The highest BCUT2D eigenvalue weighted by atomic mass is 16.2. The predicted octanol–water partition coefficient (Wildman–Crippen LogP) is 4.65. The van der Waals surface area contributed by atoms with E-state index < -0.39 is 17.5 Å². The van der Waals surface area contributed by atoms with Gasteiger partial charge in [-0.25, -0.2) is 0 Å². The fraction of sp³-hybridized carbons (Fsp3) is 0.829. The van der Waals surface area contributed by atoms with E-state index in [0.717, 1.165) is 57.9 Å². The summed E-state index contributed by atoms with van der Waals surface area (Å²) in [6, 6.07) is -1.30. The van der Waals surface area contributed by atoms with Gasteiger partial charge in [-0.3, -0.25) is 24.1 Å². The van der Waals surface area contributed by atoms with Gasteiger partial charge in [-0.2, -0.15) is 0 Å². The normalized spacial score (nSPS) is 23.9. The van der Waals surface area contributed by atoms with E-state index in [-0.39, 0.29) is 53.7 Å². The maximum atomic E-state index is 14.1. The Labute approximate surface area is 266 Å². The molecule has 250 valence electrons. The molecule has 44 heavy (non-hydrogen) atoms. The second-order valence-electron chi connectivity index (χ2n) is 15.2. The largest absolute Gasteiger partial charge is 0.352 e. The van der Waals surface area contributed by atoms with Gasteiger partial charge in [0.2, 0.25) is 23.6 Å². The van der Waals surface area contributed by atoms with Gasteiger partial charge in [0.25, 0.3) is 0 Å². The summed E-state index contributed by atoms with van der Waals surface area (Å²) in [5.74, 6) is -0.416. The summed E-state index contributed by atoms with van der Waals surface area (Å²) in [7, 11) is 1.77.